The van der Waals surface area contributed by atoms with Gasteiger partial charge in [-0.25, -0.2) is 5.01 Å². The van der Waals surface area contributed by atoms with E-state index in [1.54, 1.807) is 13.4 Å². The van der Waals surface area contributed by atoms with Crippen LogP contribution in [0.4, 0.5) is 0 Å². The summed E-state index contributed by atoms with van der Waals surface area (Å²) in [5, 5.41) is 9.04. The Morgan fingerprint density at radius 1 is 1.26 bits per heavy atom. The number of hydrogen-bond donors (Lipinski definition) is 2. The molecule has 1 unspecified atom stereocenters. The summed E-state index contributed by atoms with van der Waals surface area (Å²) in [5.41, 5.74) is 1.75. The lowest BCUT2D eigenvalue weighted by Crippen LogP contribution is -3.14. The maximum Gasteiger partial charge on any atom is 0.298 e. The molecule has 0 spiro atoms. The Bertz CT molecular complexity index is 906. The SMILES string of the molecule is CC[NH+](CC(=O)NC(C)C)CC(=O)N1N=C(c2ccc(OC)cc2)C[C@H]1c1ccco1. The summed E-state index contributed by atoms with van der Waals surface area (Å²) in [4.78, 5) is 26.2. The molecule has 0 bridgehead atoms. The fourth-order valence-corrected chi connectivity index (χ4v) is 3.61. The zero-order chi connectivity index (χ0) is 22.4. The number of hydrogen-bond acceptors (Lipinski definition) is 5. The molecule has 8 heteroatoms. The third-order valence-corrected chi connectivity index (χ3v) is 5.22. The summed E-state index contributed by atoms with van der Waals surface area (Å²) in [7, 11) is 1.62. The third kappa shape index (κ3) is 5.73. The van der Waals surface area contributed by atoms with Crippen LogP contribution in [0.2, 0.25) is 0 Å². The smallest absolute Gasteiger partial charge is 0.298 e. The monoisotopic (exact) mass is 427 g/mol. The van der Waals surface area contributed by atoms with E-state index < -0.39 is 0 Å². The van der Waals surface area contributed by atoms with Crippen molar-refractivity contribution in [2.45, 2.75) is 39.3 Å². The Labute approximate surface area is 182 Å². The van der Waals surface area contributed by atoms with Crippen molar-refractivity contribution in [1.82, 2.24) is 10.3 Å². The van der Waals surface area contributed by atoms with Crippen molar-refractivity contribution in [3.8, 4) is 5.75 Å². The van der Waals surface area contributed by atoms with Gasteiger partial charge in [0, 0.05) is 12.5 Å². The summed E-state index contributed by atoms with van der Waals surface area (Å²) >= 11 is 0. The van der Waals surface area contributed by atoms with Crippen LogP contribution in [0.25, 0.3) is 0 Å². The molecule has 0 fully saturated rings. The number of carbonyl (C=O) groups is 2. The number of carbonyl (C=O) groups excluding carboxylic acids is 2. The lowest BCUT2D eigenvalue weighted by Gasteiger charge is -2.23. The van der Waals surface area contributed by atoms with Crippen molar-refractivity contribution in [3.63, 3.8) is 0 Å². The zero-order valence-corrected chi connectivity index (χ0v) is 18.6. The van der Waals surface area contributed by atoms with E-state index >= 15 is 0 Å². The third-order valence-electron chi connectivity index (χ3n) is 5.22. The van der Waals surface area contributed by atoms with E-state index in [1.807, 2.05) is 57.2 Å². The predicted molar refractivity (Wildman–Crippen MR) is 117 cm³/mol. The largest absolute Gasteiger partial charge is 0.497 e. The van der Waals surface area contributed by atoms with Gasteiger partial charge in [0.25, 0.3) is 11.8 Å². The summed E-state index contributed by atoms with van der Waals surface area (Å²) in [6.07, 6.45) is 2.16. The van der Waals surface area contributed by atoms with Gasteiger partial charge in [0.1, 0.15) is 17.6 Å². The number of furan rings is 1. The van der Waals surface area contributed by atoms with Gasteiger partial charge in [0.15, 0.2) is 13.1 Å². The highest BCUT2D eigenvalue weighted by atomic mass is 16.5. The number of benzene rings is 1. The Balaban J connectivity index is 1.77. The highest BCUT2D eigenvalue weighted by Crippen LogP contribution is 2.33. The maximum absolute atomic E-state index is 13.2. The Morgan fingerprint density at radius 2 is 2.00 bits per heavy atom. The first kappa shape index (κ1) is 22.6. The molecular formula is C23H31N4O4+. The minimum Gasteiger partial charge on any atom is -0.497 e. The van der Waals surface area contributed by atoms with E-state index in [0.717, 1.165) is 21.9 Å². The van der Waals surface area contributed by atoms with Crippen LogP contribution in [-0.2, 0) is 9.59 Å². The molecule has 1 aromatic heterocycles. The number of amides is 2. The van der Waals surface area contributed by atoms with E-state index in [2.05, 4.69) is 10.4 Å². The van der Waals surface area contributed by atoms with Gasteiger partial charge in [-0.3, -0.25) is 9.59 Å². The Kier molecular flexibility index (Phi) is 7.46. The van der Waals surface area contributed by atoms with Gasteiger partial charge in [0.05, 0.1) is 25.6 Å². The maximum atomic E-state index is 13.2. The molecular weight excluding hydrogens is 396 g/mol. The molecule has 3 rings (SSSR count). The molecule has 0 radical (unpaired) electrons. The lowest BCUT2D eigenvalue weighted by atomic mass is 10.0. The fourth-order valence-electron chi connectivity index (χ4n) is 3.61. The number of methoxy groups -OCH3 is 1. The minimum atomic E-state index is -0.304. The number of hydrazone groups is 1. The van der Waals surface area contributed by atoms with Crippen molar-refractivity contribution in [1.29, 1.82) is 0 Å². The number of rotatable bonds is 9. The molecule has 0 aliphatic carbocycles. The van der Waals surface area contributed by atoms with Crippen molar-refractivity contribution in [2.24, 2.45) is 5.10 Å². The van der Waals surface area contributed by atoms with Crippen LogP contribution in [0, 0.1) is 0 Å². The molecule has 2 aromatic rings. The average molecular weight is 428 g/mol. The summed E-state index contributed by atoms with van der Waals surface area (Å²) in [5.74, 6) is 1.25. The van der Waals surface area contributed by atoms with Gasteiger partial charge in [-0.05, 0) is 62.7 Å². The molecule has 8 nitrogen and oxygen atoms in total. The second-order valence-corrected chi connectivity index (χ2v) is 7.93. The molecule has 2 amide bonds. The van der Waals surface area contributed by atoms with E-state index in [0.29, 0.717) is 18.7 Å². The number of ether oxygens (including phenoxy) is 1. The molecule has 166 valence electrons. The van der Waals surface area contributed by atoms with Gasteiger partial charge >= 0.3 is 0 Å². The highest BCUT2D eigenvalue weighted by molar-refractivity contribution is 6.03. The van der Waals surface area contributed by atoms with Crippen LogP contribution in [0.1, 0.15) is 44.6 Å². The zero-order valence-electron chi connectivity index (χ0n) is 18.6. The van der Waals surface area contributed by atoms with E-state index in [-0.39, 0.29) is 37.0 Å². The first-order valence-electron chi connectivity index (χ1n) is 10.6. The molecule has 1 aliphatic rings. The molecule has 31 heavy (non-hydrogen) atoms. The molecule has 2 heterocycles. The Morgan fingerprint density at radius 3 is 2.58 bits per heavy atom. The number of likely N-dealkylation sites (N-methyl/N-ethyl adjacent to an activating group) is 1. The van der Waals surface area contributed by atoms with Gasteiger partial charge in [0.2, 0.25) is 0 Å². The number of quaternary nitrogens is 1. The normalized spacial score (nSPS) is 16.9. The van der Waals surface area contributed by atoms with Gasteiger partial charge in [-0.2, -0.15) is 5.10 Å². The lowest BCUT2D eigenvalue weighted by molar-refractivity contribution is -0.882. The van der Waals surface area contributed by atoms with Crippen LogP contribution in [0.3, 0.4) is 0 Å². The van der Waals surface area contributed by atoms with Crippen LogP contribution in [0.5, 0.6) is 5.75 Å². The van der Waals surface area contributed by atoms with Crippen LogP contribution in [-0.4, -0.2) is 55.3 Å². The second-order valence-electron chi connectivity index (χ2n) is 7.93. The summed E-state index contributed by atoms with van der Waals surface area (Å²) in [6.45, 7) is 6.88. The molecule has 1 aliphatic heterocycles. The topological polar surface area (TPSA) is 88.6 Å². The van der Waals surface area contributed by atoms with Crippen LogP contribution < -0.4 is 15.0 Å². The van der Waals surface area contributed by atoms with Gasteiger partial charge < -0.3 is 19.4 Å². The first-order chi connectivity index (χ1) is 14.9. The minimum absolute atomic E-state index is 0.0638. The van der Waals surface area contributed by atoms with Crippen molar-refractivity contribution in [3.05, 3.63) is 54.0 Å². The van der Waals surface area contributed by atoms with E-state index in [4.69, 9.17) is 9.15 Å². The standard InChI is InChI=1S/C23H30N4O4/c1-5-26(14-22(28)24-16(2)3)15-23(29)27-20(21-7-6-12-31-21)13-19(25-27)17-8-10-18(30-4)11-9-17/h6-12,16,20H,5,13-15H2,1-4H3,(H,24,28)/p+1/t20-/m0/s1. The highest BCUT2D eigenvalue weighted by Gasteiger charge is 2.36. The number of nitrogens with zero attached hydrogens (tertiary/aromatic N) is 2. The molecule has 2 N–H and O–H groups in total. The average Bonchev–Trinajstić information content (AvgIpc) is 3.42. The Hall–Kier alpha value is -3.13. The molecule has 0 saturated carbocycles. The predicted octanol–water partition coefficient (Wildman–Crippen LogP) is 1.40. The van der Waals surface area contributed by atoms with E-state index in [1.165, 1.54) is 5.01 Å². The summed E-state index contributed by atoms with van der Waals surface area (Å²) in [6, 6.07) is 11.1. The molecule has 0 saturated heterocycles. The van der Waals surface area contributed by atoms with E-state index in [9.17, 15) is 9.59 Å². The van der Waals surface area contributed by atoms with Crippen LogP contribution >= 0.6 is 0 Å². The molecule has 1 aromatic carbocycles. The fraction of sp³-hybridized carbons (Fsp3) is 0.435. The van der Waals surface area contributed by atoms with Crippen molar-refractivity contribution < 1.29 is 23.6 Å². The van der Waals surface area contributed by atoms with Crippen molar-refractivity contribution >= 4 is 17.5 Å². The number of nitrogens with one attached hydrogen (secondary N) is 2. The summed E-state index contributed by atoms with van der Waals surface area (Å²) < 4.78 is 10.8. The van der Waals surface area contributed by atoms with Crippen LogP contribution in [0.15, 0.2) is 52.2 Å². The van der Waals surface area contributed by atoms with Gasteiger partial charge in [-0.1, -0.05) is 0 Å². The first-order valence-corrected chi connectivity index (χ1v) is 10.6. The van der Waals surface area contributed by atoms with Gasteiger partial charge in [-0.15, -0.1) is 0 Å². The second kappa shape index (κ2) is 10.3. The van der Waals surface area contributed by atoms with Crippen molar-refractivity contribution in [2.75, 3.05) is 26.7 Å². The quantitative estimate of drug-likeness (QED) is 0.633. The molecule has 2 atom stereocenters.